The van der Waals surface area contributed by atoms with E-state index in [0.29, 0.717) is 6.42 Å². The fourth-order valence-electron chi connectivity index (χ4n) is 3.04. The quantitative estimate of drug-likeness (QED) is 0.601. The highest BCUT2D eigenvalue weighted by Gasteiger charge is 2.16. The van der Waals surface area contributed by atoms with Crippen molar-refractivity contribution < 1.29 is 4.79 Å². The minimum atomic E-state index is 0.0936. The minimum Gasteiger partial charge on any atom is -0.399 e. The number of unbranched alkanes of at least 4 members (excludes halogenated alkanes) is 1. The number of nitrogen functional groups attached to an aromatic ring is 1. The van der Waals surface area contributed by atoms with Gasteiger partial charge in [-0.15, -0.1) is 0 Å². The topological polar surface area (TPSA) is 58.4 Å². The van der Waals surface area contributed by atoms with Crippen LogP contribution in [0.15, 0.2) is 24.3 Å². The van der Waals surface area contributed by atoms with E-state index < -0.39 is 0 Å². The molecule has 22 heavy (non-hydrogen) atoms. The Morgan fingerprint density at radius 3 is 2.77 bits per heavy atom. The van der Waals surface area contributed by atoms with E-state index in [9.17, 15) is 4.79 Å². The number of nitrogens with two attached hydrogens (primary N) is 1. The molecule has 1 aromatic rings. The van der Waals surface area contributed by atoms with Crippen LogP contribution in [0.4, 0.5) is 5.69 Å². The number of rotatable bonds is 7. The molecule has 1 atom stereocenters. The van der Waals surface area contributed by atoms with Gasteiger partial charge in [0.1, 0.15) is 0 Å². The van der Waals surface area contributed by atoms with Gasteiger partial charge < -0.3 is 16.0 Å². The maximum absolute atomic E-state index is 11.9. The van der Waals surface area contributed by atoms with Gasteiger partial charge in [0, 0.05) is 18.3 Å². The highest BCUT2D eigenvalue weighted by Crippen LogP contribution is 2.16. The van der Waals surface area contributed by atoms with Gasteiger partial charge >= 0.3 is 0 Å². The number of amides is 1. The molecule has 1 aliphatic rings. The maximum Gasteiger partial charge on any atom is 0.224 e. The zero-order valence-corrected chi connectivity index (χ0v) is 13.7. The normalized spacial score (nSPS) is 19.0. The number of nitrogens with zero attached hydrogens (tertiary/aromatic N) is 1. The van der Waals surface area contributed by atoms with Crippen LogP contribution >= 0.6 is 0 Å². The van der Waals surface area contributed by atoms with Crippen LogP contribution in [0, 0.1) is 0 Å². The number of likely N-dealkylation sites (tertiary alicyclic amines) is 1. The Hall–Kier alpha value is -1.55. The van der Waals surface area contributed by atoms with Crippen LogP contribution in [-0.2, 0) is 11.2 Å². The van der Waals surface area contributed by atoms with Crippen molar-refractivity contribution in [1.82, 2.24) is 10.2 Å². The lowest BCUT2D eigenvalue weighted by Crippen LogP contribution is -2.38. The summed E-state index contributed by atoms with van der Waals surface area (Å²) in [5, 5.41) is 3.01. The average Bonchev–Trinajstić information content (AvgIpc) is 2.51. The lowest BCUT2D eigenvalue weighted by Gasteiger charge is -2.33. The van der Waals surface area contributed by atoms with E-state index >= 15 is 0 Å². The van der Waals surface area contributed by atoms with E-state index in [1.165, 1.54) is 25.8 Å². The van der Waals surface area contributed by atoms with Crippen LogP contribution in [0.25, 0.3) is 0 Å². The molecule has 1 aliphatic heterocycles. The largest absolute Gasteiger partial charge is 0.399 e. The Kier molecular flexibility index (Phi) is 6.72. The van der Waals surface area contributed by atoms with Gasteiger partial charge in [0.2, 0.25) is 5.91 Å². The molecule has 4 heteroatoms. The van der Waals surface area contributed by atoms with Gasteiger partial charge in [-0.1, -0.05) is 18.6 Å². The molecule has 0 aliphatic carbocycles. The number of hydrogen-bond acceptors (Lipinski definition) is 3. The summed E-state index contributed by atoms with van der Waals surface area (Å²) in [6, 6.07) is 8.22. The summed E-state index contributed by atoms with van der Waals surface area (Å²) >= 11 is 0. The standard InChI is InChI=1S/C18H29N3O/c1-15-6-2-4-12-21(15)13-5-3-11-20-18(22)14-16-7-9-17(19)10-8-16/h7-10,15H,2-6,11-14,19H2,1H3,(H,20,22). The molecule has 2 rings (SSSR count). The first-order valence-corrected chi connectivity index (χ1v) is 8.50. The molecule has 0 saturated carbocycles. The van der Waals surface area contributed by atoms with E-state index in [4.69, 9.17) is 5.73 Å². The number of anilines is 1. The van der Waals surface area contributed by atoms with E-state index in [1.54, 1.807) is 0 Å². The van der Waals surface area contributed by atoms with Gasteiger partial charge in [0.15, 0.2) is 0 Å². The molecular formula is C18H29N3O. The molecule has 122 valence electrons. The summed E-state index contributed by atoms with van der Waals surface area (Å²) in [6.07, 6.45) is 6.69. The van der Waals surface area contributed by atoms with Crippen molar-refractivity contribution >= 4 is 11.6 Å². The van der Waals surface area contributed by atoms with Crippen molar-refractivity contribution in [3.63, 3.8) is 0 Å². The molecule has 1 fully saturated rings. The molecule has 1 heterocycles. The predicted octanol–water partition coefficient (Wildman–Crippen LogP) is 2.58. The number of nitrogens with one attached hydrogen (secondary N) is 1. The molecule has 0 bridgehead atoms. The SMILES string of the molecule is CC1CCCCN1CCCCNC(=O)Cc1ccc(N)cc1. The highest BCUT2D eigenvalue weighted by molar-refractivity contribution is 5.78. The first kappa shape index (κ1) is 16.8. The third-order valence-electron chi connectivity index (χ3n) is 4.48. The van der Waals surface area contributed by atoms with Crippen LogP contribution in [0.3, 0.4) is 0 Å². The Bertz CT molecular complexity index is 458. The summed E-state index contributed by atoms with van der Waals surface area (Å²) in [7, 11) is 0. The van der Waals surface area contributed by atoms with Gasteiger partial charge in [-0.25, -0.2) is 0 Å². The molecule has 3 N–H and O–H groups in total. The van der Waals surface area contributed by atoms with Gasteiger partial charge in [-0.3, -0.25) is 4.79 Å². The predicted molar refractivity (Wildman–Crippen MR) is 91.7 cm³/mol. The fourth-order valence-corrected chi connectivity index (χ4v) is 3.04. The molecular weight excluding hydrogens is 274 g/mol. The Labute approximate surface area is 134 Å². The molecule has 0 aromatic heterocycles. The van der Waals surface area contributed by atoms with Crippen molar-refractivity contribution in [3.05, 3.63) is 29.8 Å². The molecule has 0 radical (unpaired) electrons. The summed E-state index contributed by atoms with van der Waals surface area (Å²) in [5.74, 6) is 0.0936. The number of hydrogen-bond donors (Lipinski definition) is 2. The molecule has 1 unspecified atom stereocenters. The number of carbonyl (C=O) groups excluding carboxylic acids is 1. The second kappa shape index (κ2) is 8.79. The van der Waals surface area contributed by atoms with Crippen LogP contribution in [-0.4, -0.2) is 36.5 Å². The fraction of sp³-hybridized carbons (Fsp3) is 0.611. The van der Waals surface area contributed by atoms with Crippen LogP contribution in [0.2, 0.25) is 0 Å². The number of benzene rings is 1. The maximum atomic E-state index is 11.9. The molecule has 0 spiro atoms. The molecule has 4 nitrogen and oxygen atoms in total. The van der Waals surface area contributed by atoms with Gasteiger partial charge in [0.05, 0.1) is 6.42 Å². The number of piperidine rings is 1. The minimum absolute atomic E-state index is 0.0936. The second-order valence-electron chi connectivity index (χ2n) is 6.36. The lowest BCUT2D eigenvalue weighted by atomic mass is 10.0. The van der Waals surface area contributed by atoms with Crippen LogP contribution in [0.5, 0.6) is 0 Å². The zero-order chi connectivity index (χ0) is 15.8. The van der Waals surface area contributed by atoms with Gasteiger partial charge in [-0.2, -0.15) is 0 Å². The zero-order valence-electron chi connectivity index (χ0n) is 13.7. The van der Waals surface area contributed by atoms with Crippen LogP contribution in [0.1, 0.15) is 44.6 Å². The van der Waals surface area contributed by atoms with Gasteiger partial charge in [-0.05, 0) is 63.4 Å². The summed E-state index contributed by atoms with van der Waals surface area (Å²) < 4.78 is 0. The molecule has 1 amide bonds. The Morgan fingerprint density at radius 1 is 1.27 bits per heavy atom. The van der Waals surface area contributed by atoms with Gasteiger partial charge in [0.25, 0.3) is 0 Å². The first-order chi connectivity index (χ1) is 10.6. The van der Waals surface area contributed by atoms with Crippen molar-refractivity contribution in [3.8, 4) is 0 Å². The van der Waals surface area contributed by atoms with E-state index in [-0.39, 0.29) is 5.91 Å². The molecule has 1 saturated heterocycles. The third kappa shape index (κ3) is 5.68. The Balaban J connectivity index is 1.56. The lowest BCUT2D eigenvalue weighted by molar-refractivity contribution is -0.120. The van der Waals surface area contributed by atoms with Crippen molar-refractivity contribution in [2.75, 3.05) is 25.4 Å². The van der Waals surface area contributed by atoms with Crippen molar-refractivity contribution in [1.29, 1.82) is 0 Å². The third-order valence-corrected chi connectivity index (χ3v) is 4.48. The highest BCUT2D eigenvalue weighted by atomic mass is 16.1. The van der Waals surface area contributed by atoms with E-state index in [1.807, 2.05) is 24.3 Å². The van der Waals surface area contributed by atoms with Crippen LogP contribution < -0.4 is 11.1 Å². The average molecular weight is 303 g/mol. The monoisotopic (exact) mass is 303 g/mol. The molecule has 1 aromatic carbocycles. The second-order valence-corrected chi connectivity index (χ2v) is 6.36. The summed E-state index contributed by atoms with van der Waals surface area (Å²) in [5.41, 5.74) is 7.38. The number of carbonyl (C=O) groups is 1. The van der Waals surface area contributed by atoms with E-state index in [0.717, 1.165) is 43.2 Å². The summed E-state index contributed by atoms with van der Waals surface area (Å²) in [6.45, 7) is 5.50. The van der Waals surface area contributed by atoms with E-state index in [2.05, 4.69) is 17.1 Å². The van der Waals surface area contributed by atoms with Crippen molar-refractivity contribution in [2.24, 2.45) is 0 Å². The van der Waals surface area contributed by atoms with Crippen molar-refractivity contribution in [2.45, 2.75) is 51.5 Å². The smallest absolute Gasteiger partial charge is 0.224 e. The Morgan fingerprint density at radius 2 is 2.05 bits per heavy atom. The first-order valence-electron chi connectivity index (χ1n) is 8.50. The summed E-state index contributed by atoms with van der Waals surface area (Å²) in [4.78, 5) is 14.4.